The van der Waals surface area contributed by atoms with Gasteiger partial charge in [0.25, 0.3) is 0 Å². The molecule has 1 atom stereocenters. The van der Waals surface area contributed by atoms with Crippen LogP contribution in [0.15, 0.2) is 30.3 Å². The van der Waals surface area contributed by atoms with Gasteiger partial charge in [0.1, 0.15) is 6.61 Å². The van der Waals surface area contributed by atoms with Crippen LogP contribution in [-0.2, 0) is 26.1 Å². The predicted molar refractivity (Wildman–Crippen MR) is 83.9 cm³/mol. The maximum atomic E-state index is 12.2. The average Bonchev–Trinajstić information content (AvgIpc) is 2.54. The van der Waals surface area contributed by atoms with Crippen LogP contribution in [0.5, 0.6) is 0 Å². The second-order valence-electron chi connectivity index (χ2n) is 5.10. The number of morpholine rings is 1. The summed E-state index contributed by atoms with van der Waals surface area (Å²) in [6, 6.07) is 9.15. The fourth-order valence-electron chi connectivity index (χ4n) is 2.11. The number of nitrogens with two attached hydrogens (primary N) is 1. The molecule has 1 fully saturated rings. The lowest BCUT2D eigenvalue weighted by Crippen LogP contribution is -2.51. The first-order valence-electron chi connectivity index (χ1n) is 7.26. The molecular weight excluding hydrogens is 322 g/mol. The molecule has 128 valence electrons. The van der Waals surface area contributed by atoms with Crippen molar-refractivity contribution >= 4 is 16.1 Å². The summed E-state index contributed by atoms with van der Waals surface area (Å²) in [7, 11) is -3.54. The molecule has 2 rings (SSSR count). The molecule has 1 aliphatic rings. The van der Waals surface area contributed by atoms with Gasteiger partial charge in [-0.25, -0.2) is 13.2 Å². The minimum absolute atomic E-state index is 0.0929. The van der Waals surface area contributed by atoms with E-state index in [1.165, 1.54) is 4.31 Å². The first kappa shape index (κ1) is 17.7. The molecule has 0 radical (unpaired) electrons. The molecule has 1 saturated heterocycles. The van der Waals surface area contributed by atoms with Gasteiger partial charge in [0.15, 0.2) is 0 Å². The van der Waals surface area contributed by atoms with Crippen molar-refractivity contribution in [2.75, 3.05) is 32.1 Å². The molecule has 1 unspecified atom stereocenters. The number of amides is 1. The summed E-state index contributed by atoms with van der Waals surface area (Å²) in [4.78, 5) is 11.6. The fraction of sp³-hybridized carbons (Fsp3) is 0.500. The summed E-state index contributed by atoms with van der Waals surface area (Å²) >= 11 is 0. The fourth-order valence-corrected chi connectivity index (χ4v) is 3.57. The molecule has 0 aromatic heterocycles. The molecule has 1 amide bonds. The Morgan fingerprint density at radius 1 is 1.30 bits per heavy atom. The van der Waals surface area contributed by atoms with Gasteiger partial charge in [0, 0.05) is 13.1 Å². The van der Waals surface area contributed by atoms with Crippen LogP contribution in [0.25, 0.3) is 0 Å². The lowest BCUT2D eigenvalue weighted by atomic mass is 10.2. The predicted octanol–water partition coefficient (Wildman–Crippen LogP) is -0.140. The second kappa shape index (κ2) is 8.25. The Kier molecular flexibility index (Phi) is 6.34. The van der Waals surface area contributed by atoms with Gasteiger partial charge in [0.2, 0.25) is 10.0 Å². The monoisotopic (exact) mass is 343 g/mol. The zero-order valence-electron chi connectivity index (χ0n) is 12.7. The minimum Gasteiger partial charge on any atom is -0.445 e. The first-order chi connectivity index (χ1) is 11.0. The van der Waals surface area contributed by atoms with E-state index >= 15 is 0 Å². The Morgan fingerprint density at radius 2 is 1.96 bits per heavy atom. The lowest BCUT2D eigenvalue weighted by Gasteiger charge is -2.27. The third kappa shape index (κ3) is 5.79. The van der Waals surface area contributed by atoms with Crippen molar-refractivity contribution in [3.05, 3.63) is 35.9 Å². The average molecular weight is 343 g/mol. The number of sulfonamides is 1. The maximum Gasteiger partial charge on any atom is 0.408 e. The molecule has 0 spiro atoms. The van der Waals surface area contributed by atoms with Crippen molar-refractivity contribution in [3.63, 3.8) is 0 Å². The van der Waals surface area contributed by atoms with Crippen LogP contribution in [0, 0.1) is 0 Å². The van der Waals surface area contributed by atoms with Gasteiger partial charge in [-0.1, -0.05) is 30.3 Å². The van der Waals surface area contributed by atoms with Crippen molar-refractivity contribution in [2.24, 2.45) is 5.73 Å². The molecule has 0 bridgehead atoms. The summed E-state index contributed by atoms with van der Waals surface area (Å²) in [6.45, 7) is 1.42. The quantitative estimate of drug-likeness (QED) is 0.696. The van der Waals surface area contributed by atoms with E-state index in [0.29, 0.717) is 26.3 Å². The molecule has 8 nitrogen and oxygen atoms in total. The Morgan fingerprint density at radius 3 is 2.61 bits per heavy atom. The van der Waals surface area contributed by atoms with Crippen molar-refractivity contribution in [2.45, 2.75) is 12.8 Å². The van der Waals surface area contributed by atoms with Crippen molar-refractivity contribution in [1.82, 2.24) is 9.62 Å². The molecule has 9 heteroatoms. The Hall–Kier alpha value is -1.68. The van der Waals surface area contributed by atoms with Gasteiger partial charge >= 0.3 is 6.09 Å². The van der Waals surface area contributed by atoms with Crippen LogP contribution in [0.2, 0.25) is 0 Å². The van der Waals surface area contributed by atoms with Crippen LogP contribution >= 0.6 is 0 Å². The zero-order chi connectivity index (χ0) is 16.7. The highest BCUT2D eigenvalue weighted by Gasteiger charge is 2.27. The van der Waals surface area contributed by atoms with Crippen molar-refractivity contribution in [3.8, 4) is 0 Å². The third-order valence-electron chi connectivity index (χ3n) is 3.27. The van der Waals surface area contributed by atoms with Gasteiger partial charge in [-0.05, 0) is 5.56 Å². The number of nitrogens with one attached hydrogen (secondary N) is 1. The van der Waals surface area contributed by atoms with Gasteiger partial charge in [-0.3, -0.25) is 0 Å². The smallest absolute Gasteiger partial charge is 0.408 e. The van der Waals surface area contributed by atoms with E-state index in [-0.39, 0.29) is 12.4 Å². The Bertz CT molecular complexity index is 602. The molecule has 0 aliphatic carbocycles. The summed E-state index contributed by atoms with van der Waals surface area (Å²) < 4.78 is 35.7. The number of hydrogen-bond acceptors (Lipinski definition) is 6. The number of rotatable bonds is 6. The molecule has 1 aromatic rings. The number of alkyl carbamates (subject to hydrolysis) is 1. The van der Waals surface area contributed by atoms with Crippen LogP contribution < -0.4 is 11.1 Å². The van der Waals surface area contributed by atoms with Crippen LogP contribution in [0.1, 0.15) is 5.56 Å². The highest BCUT2D eigenvalue weighted by molar-refractivity contribution is 7.89. The Labute approximate surface area is 135 Å². The number of ether oxygens (including phenoxy) is 2. The lowest BCUT2D eigenvalue weighted by molar-refractivity contribution is 0.0729. The van der Waals surface area contributed by atoms with Gasteiger partial charge in [0.05, 0.1) is 25.1 Å². The van der Waals surface area contributed by atoms with E-state index in [2.05, 4.69) is 5.32 Å². The van der Waals surface area contributed by atoms with Crippen LogP contribution in [0.3, 0.4) is 0 Å². The number of carbonyl (C=O) groups is 1. The number of nitrogens with zero attached hydrogens (tertiary/aromatic N) is 1. The normalized spacial score (nSPS) is 17.4. The van der Waals surface area contributed by atoms with E-state index < -0.39 is 22.3 Å². The molecule has 3 N–H and O–H groups in total. The maximum absolute atomic E-state index is 12.2. The van der Waals surface area contributed by atoms with E-state index in [1.807, 2.05) is 30.3 Å². The third-order valence-corrected chi connectivity index (χ3v) is 5.20. The van der Waals surface area contributed by atoms with Gasteiger partial charge < -0.3 is 20.5 Å². The van der Waals surface area contributed by atoms with E-state index in [1.54, 1.807) is 0 Å². The zero-order valence-corrected chi connectivity index (χ0v) is 13.5. The number of carbonyl (C=O) groups excluding carboxylic acids is 1. The largest absolute Gasteiger partial charge is 0.445 e. The molecule has 1 aliphatic heterocycles. The van der Waals surface area contributed by atoms with E-state index in [0.717, 1.165) is 5.56 Å². The first-order valence-corrected chi connectivity index (χ1v) is 8.86. The van der Waals surface area contributed by atoms with Crippen LogP contribution in [-0.4, -0.2) is 57.0 Å². The molecule has 1 aromatic carbocycles. The molecule has 0 saturated carbocycles. The highest BCUT2D eigenvalue weighted by Crippen LogP contribution is 2.06. The molecule has 23 heavy (non-hydrogen) atoms. The highest BCUT2D eigenvalue weighted by atomic mass is 32.2. The summed E-state index contributed by atoms with van der Waals surface area (Å²) in [5, 5.41) is 2.32. The van der Waals surface area contributed by atoms with Gasteiger partial charge in [-0.15, -0.1) is 0 Å². The van der Waals surface area contributed by atoms with Crippen molar-refractivity contribution in [1.29, 1.82) is 0 Å². The summed E-state index contributed by atoms with van der Waals surface area (Å²) in [5.41, 5.74) is 6.52. The second-order valence-corrected chi connectivity index (χ2v) is 7.12. The number of benzene rings is 1. The van der Waals surface area contributed by atoms with E-state index in [9.17, 15) is 13.2 Å². The summed E-state index contributed by atoms with van der Waals surface area (Å²) in [5.74, 6) is -0.382. The summed E-state index contributed by atoms with van der Waals surface area (Å²) in [6.07, 6.45) is -1.79. The van der Waals surface area contributed by atoms with Crippen molar-refractivity contribution < 1.29 is 22.7 Å². The van der Waals surface area contributed by atoms with Gasteiger partial charge in [-0.2, -0.15) is 4.31 Å². The minimum atomic E-state index is -3.54. The number of hydrogen-bond donors (Lipinski definition) is 2. The van der Waals surface area contributed by atoms with Crippen LogP contribution in [0.4, 0.5) is 4.79 Å². The molecular formula is C14H21N3O5S. The van der Waals surface area contributed by atoms with E-state index in [4.69, 9.17) is 15.2 Å². The SMILES string of the molecule is NC(CS(=O)(=O)N1CCOCC1)NC(=O)OCc1ccccc1. The standard InChI is InChI=1S/C14H21N3O5S/c15-13(11-23(19,20)17-6-8-21-9-7-17)16-14(18)22-10-12-4-2-1-3-5-12/h1-5,13H,6-11,15H2,(H,16,18). The molecule has 1 heterocycles. The topological polar surface area (TPSA) is 111 Å². The Balaban J connectivity index is 1.77.